The number of hydrogen-bond donors (Lipinski definition) is 4. The molecule has 0 fully saturated rings. The molecular formula is C22H29N5O3. The number of amides is 4. The van der Waals surface area contributed by atoms with Crippen LogP contribution in [0.25, 0.3) is 0 Å². The summed E-state index contributed by atoms with van der Waals surface area (Å²) in [6, 6.07) is 14.4. The van der Waals surface area contributed by atoms with E-state index in [4.69, 9.17) is 0 Å². The fourth-order valence-corrected chi connectivity index (χ4v) is 2.77. The van der Waals surface area contributed by atoms with E-state index in [1.165, 1.54) is 0 Å². The third-order valence-corrected chi connectivity index (χ3v) is 4.56. The molecule has 0 aliphatic carbocycles. The zero-order valence-corrected chi connectivity index (χ0v) is 17.6. The summed E-state index contributed by atoms with van der Waals surface area (Å²) < 4.78 is 0. The number of benzene rings is 2. The van der Waals surface area contributed by atoms with Gasteiger partial charge >= 0.3 is 6.03 Å². The fourth-order valence-electron chi connectivity index (χ4n) is 2.77. The Kier molecular flexibility index (Phi) is 8.68. The molecule has 0 unspecified atom stereocenters. The Morgan fingerprint density at radius 2 is 1.47 bits per heavy atom. The minimum Gasteiger partial charge on any atom is -0.372 e. The molecule has 0 heterocycles. The van der Waals surface area contributed by atoms with E-state index in [0.717, 1.165) is 29.9 Å². The lowest BCUT2D eigenvalue weighted by atomic mass is 10.1. The van der Waals surface area contributed by atoms with Crippen LogP contribution in [0.2, 0.25) is 0 Å². The average Bonchev–Trinajstić information content (AvgIpc) is 2.77. The van der Waals surface area contributed by atoms with Crippen LogP contribution >= 0.6 is 0 Å². The van der Waals surface area contributed by atoms with Gasteiger partial charge in [-0.05, 0) is 50.6 Å². The average molecular weight is 412 g/mol. The van der Waals surface area contributed by atoms with Crippen molar-refractivity contribution in [2.75, 3.05) is 24.5 Å². The zero-order chi connectivity index (χ0) is 21.9. The van der Waals surface area contributed by atoms with Crippen molar-refractivity contribution in [2.45, 2.75) is 27.3 Å². The monoisotopic (exact) mass is 411 g/mol. The predicted octanol–water partition coefficient (Wildman–Crippen LogP) is 2.10. The zero-order valence-electron chi connectivity index (χ0n) is 17.6. The van der Waals surface area contributed by atoms with E-state index >= 15 is 0 Å². The van der Waals surface area contributed by atoms with Gasteiger partial charge in [-0.25, -0.2) is 4.79 Å². The molecule has 160 valence electrons. The van der Waals surface area contributed by atoms with Gasteiger partial charge in [0.15, 0.2) is 0 Å². The molecule has 8 nitrogen and oxygen atoms in total. The molecule has 0 aliphatic heterocycles. The fraction of sp³-hybridized carbons (Fsp3) is 0.318. The minimum atomic E-state index is -0.534. The number of hydrazine groups is 1. The first-order valence-electron chi connectivity index (χ1n) is 9.94. The van der Waals surface area contributed by atoms with Gasteiger partial charge in [-0.3, -0.25) is 20.4 Å². The lowest BCUT2D eigenvalue weighted by molar-refractivity contribution is -0.120. The lowest BCUT2D eigenvalue weighted by Crippen LogP contribution is -2.47. The normalized spacial score (nSPS) is 10.1. The summed E-state index contributed by atoms with van der Waals surface area (Å²) >= 11 is 0. The maximum absolute atomic E-state index is 12.2. The third-order valence-electron chi connectivity index (χ3n) is 4.56. The van der Waals surface area contributed by atoms with Gasteiger partial charge in [-0.15, -0.1) is 0 Å². The second kappa shape index (κ2) is 11.5. The summed E-state index contributed by atoms with van der Waals surface area (Å²) in [6.07, 6.45) is 0. The number of hydrogen-bond acceptors (Lipinski definition) is 4. The highest BCUT2D eigenvalue weighted by atomic mass is 16.2. The first kappa shape index (κ1) is 22.7. The maximum Gasteiger partial charge on any atom is 0.315 e. The third kappa shape index (κ3) is 7.12. The van der Waals surface area contributed by atoms with Crippen LogP contribution in [-0.2, 0) is 11.3 Å². The van der Waals surface area contributed by atoms with Crippen molar-refractivity contribution in [1.82, 2.24) is 21.5 Å². The lowest BCUT2D eigenvalue weighted by Gasteiger charge is -2.21. The van der Waals surface area contributed by atoms with Gasteiger partial charge in [-0.2, -0.15) is 0 Å². The Morgan fingerprint density at radius 3 is 2.07 bits per heavy atom. The summed E-state index contributed by atoms with van der Waals surface area (Å²) in [5.74, 6) is -0.966. The van der Waals surface area contributed by atoms with Crippen molar-refractivity contribution in [3.8, 4) is 0 Å². The minimum absolute atomic E-state index is 0.263. The van der Waals surface area contributed by atoms with Crippen molar-refractivity contribution in [2.24, 2.45) is 0 Å². The topological polar surface area (TPSA) is 103 Å². The van der Waals surface area contributed by atoms with Crippen LogP contribution in [-0.4, -0.2) is 37.5 Å². The van der Waals surface area contributed by atoms with E-state index in [0.29, 0.717) is 12.1 Å². The molecule has 2 aromatic rings. The Balaban J connectivity index is 1.70. The van der Waals surface area contributed by atoms with Crippen molar-refractivity contribution >= 4 is 23.5 Å². The summed E-state index contributed by atoms with van der Waals surface area (Å²) in [5, 5.41) is 5.11. The number of nitrogens with one attached hydrogen (secondary N) is 4. The van der Waals surface area contributed by atoms with Gasteiger partial charge in [0.25, 0.3) is 11.8 Å². The van der Waals surface area contributed by atoms with E-state index in [2.05, 4.69) is 40.2 Å². The van der Waals surface area contributed by atoms with E-state index < -0.39 is 17.8 Å². The number of aryl methyl sites for hydroxylation is 1. The molecule has 4 N–H and O–H groups in total. The molecule has 0 radical (unpaired) electrons. The second-order valence-electron chi connectivity index (χ2n) is 6.74. The highest BCUT2D eigenvalue weighted by Gasteiger charge is 2.10. The summed E-state index contributed by atoms with van der Waals surface area (Å²) in [6.45, 7) is 7.97. The van der Waals surface area contributed by atoms with E-state index in [1.54, 1.807) is 12.1 Å². The number of nitrogens with zero attached hydrogens (tertiary/aromatic N) is 1. The molecule has 0 atom stereocenters. The van der Waals surface area contributed by atoms with Crippen molar-refractivity contribution in [3.05, 3.63) is 65.2 Å². The quantitative estimate of drug-likeness (QED) is 0.500. The van der Waals surface area contributed by atoms with Crippen molar-refractivity contribution in [1.29, 1.82) is 0 Å². The Bertz CT molecular complexity index is 846. The number of rotatable bonds is 8. The Labute approximate surface area is 177 Å². The van der Waals surface area contributed by atoms with E-state index in [1.807, 2.05) is 43.3 Å². The van der Waals surface area contributed by atoms with Crippen molar-refractivity contribution in [3.63, 3.8) is 0 Å². The van der Waals surface area contributed by atoms with Gasteiger partial charge in [0.05, 0.1) is 0 Å². The first-order chi connectivity index (χ1) is 14.4. The van der Waals surface area contributed by atoms with Gasteiger partial charge < -0.3 is 15.5 Å². The predicted molar refractivity (Wildman–Crippen MR) is 117 cm³/mol. The number of anilines is 1. The molecule has 0 aliphatic rings. The first-order valence-corrected chi connectivity index (χ1v) is 9.94. The van der Waals surface area contributed by atoms with E-state index in [-0.39, 0.29) is 6.54 Å². The van der Waals surface area contributed by atoms with Crippen molar-refractivity contribution < 1.29 is 14.4 Å². The largest absolute Gasteiger partial charge is 0.372 e. The summed E-state index contributed by atoms with van der Waals surface area (Å²) in [7, 11) is 0. The molecule has 30 heavy (non-hydrogen) atoms. The van der Waals surface area contributed by atoms with Crippen LogP contribution in [0, 0.1) is 6.92 Å². The Morgan fingerprint density at radius 1 is 0.833 bits per heavy atom. The second-order valence-corrected chi connectivity index (χ2v) is 6.74. The number of carbonyl (C=O) groups excluding carboxylic acids is 3. The number of urea groups is 1. The molecule has 0 bridgehead atoms. The van der Waals surface area contributed by atoms with Crippen LogP contribution in [0.15, 0.2) is 48.5 Å². The van der Waals surface area contributed by atoms with Gasteiger partial charge in [-0.1, -0.05) is 29.8 Å². The standard InChI is InChI=1S/C22H29N5O3/c1-4-27(5-2)19-12-10-18(11-13-19)21(29)26-25-20(28)15-24-22(30)23-14-17-8-6-16(3)7-9-17/h6-13H,4-5,14-15H2,1-3H3,(H,25,28)(H,26,29)(H2,23,24,30). The van der Waals surface area contributed by atoms with Crippen LogP contribution in [0.1, 0.15) is 35.3 Å². The summed E-state index contributed by atoms with van der Waals surface area (Å²) in [4.78, 5) is 37.9. The van der Waals surface area contributed by atoms with Crippen LogP contribution in [0.5, 0.6) is 0 Å². The highest BCUT2D eigenvalue weighted by Crippen LogP contribution is 2.14. The highest BCUT2D eigenvalue weighted by molar-refractivity contribution is 5.96. The van der Waals surface area contributed by atoms with Gasteiger partial charge in [0.2, 0.25) is 0 Å². The molecular weight excluding hydrogens is 382 g/mol. The smallest absolute Gasteiger partial charge is 0.315 e. The van der Waals surface area contributed by atoms with Crippen LogP contribution < -0.4 is 26.4 Å². The molecule has 4 amide bonds. The molecule has 0 saturated carbocycles. The SMILES string of the molecule is CCN(CC)c1ccc(C(=O)NNC(=O)CNC(=O)NCc2ccc(C)cc2)cc1. The molecule has 0 spiro atoms. The Hall–Kier alpha value is -3.55. The summed E-state index contributed by atoms with van der Waals surface area (Å²) in [5.41, 5.74) is 8.18. The van der Waals surface area contributed by atoms with E-state index in [9.17, 15) is 14.4 Å². The molecule has 2 rings (SSSR count). The van der Waals surface area contributed by atoms with Gasteiger partial charge in [0.1, 0.15) is 6.54 Å². The maximum atomic E-state index is 12.2. The molecule has 8 heteroatoms. The molecule has 0 aromatic heterocycles. The van der Waals surface area contributed by atoms with Gasteiger partial charge in [0, 0.05) is 30.9 Å². The van der Waals surface area contributed by atoms with Crippen LogP contribution in [0.4, 0.5) is 10.5 Å². The number of carbonyl (C=O) groups is 3. The molecule has 0 saturated heterocycles. The van der Waals surface area contributed by atoms with Crippen LogP contribution in [0.3, 0.4) is 0 Å². The molecule has 2 aromatic carbocycles.